The average molecular weight is 319 g/mol. The van der Waals surface area contributed by atoms with E-state index in [-0.39, 0.29) is 6.04 Å². The van der Waals surface area contributed by atoms with E-state index in [0.29, 0.717) is 6.10 Å². The Bertz CT molecular complexity index is 380. The molecule has 1 aromatic rings. The van der Waals surface area contributed by atoms with Gasteiger partial charge in [0.05, 0.1) is 12.1 Å². The fourth-order valence-electron chi connectivity index (χ4n) is 2.12. The van der Waals surface area contributed by atoms with Crippen molar-refractivity contribution >= 4 is 27.5 Å². The molecule has 1 N–H and O–H groups in total. The molecule has 1 fully saturated rings. The van der Waals surface area contributed by atoms with Crippen molar-refractivity contribution in [3.8, 4) is 0 Å². The van der Waals surface area contributed by atoms with Crippen LogP contribution in [-0.2, 0) is 4.84 Å². The maximum Gasteiger partial charge on any atom is 0.0790 e. The highest BCUT2D eigenvalue weighted by Gasteiger charge is 2.17. The normalized spacial score (nSPS) is 18.5. The van der Waals surface area contributed by atoms with E-state index in [0.717, 1.165) is 27.9 Å². The van der Waals surface area contributed by atoms with Crippen molar-refractivity contribution in [2.45, 2.75) is 44.8 Å². The molecule has 1 aliphatic rings. The molecule has 0 amide bonds. The molecule has 0 spiro atoms. The average Bonchev–Trinajstić information content (AvgIpc) is 2.78. The van der Waals surface area contributed by atoms with Gasteiger partial charge in [0.25, 0.3) is 0 Å². The van der Waals surface area contributed by atoms with E-state index in [9.17, 15) is 0 Å². The number of hydrogen-bond acceptors (Lipinski definition) is 2. The van der Waals surface area contributed by atoms with Crippen LogP contribution in [0.25, 0.3) is 0 Å². The zero-order chi connectivity index (χ0) is 12.3. The van der Waals surface area contributed by atoms with Crippen LogP contribution in [-0.4, -0.2) is 6.10 Å². The van der Waals surface area contributed by atoms with Crippen molar-refractivity contribution in [1.29, 1.82) is 0 Å². The minimum Gasteiger partial charge on any atom is -0.298 e. The van der Waals surface area contributed by atoms with E-state index >= 15 is 0 Å². The van der Waals surface area contributed by atoms with Crippen molar-refractivity contribution in [2.24, 2.45) is 0 Å². The molecular formula is C13H17BrClNO. The van der Waals surface area contributed by atoms with E-state index < -0.39 is 0 Å². The van der Waals surface area contributed by atoms with E-state index in [1.54, 1.807) is 0 Å². The molecule has 1 saturated carbocycles. The number of rotatable bonds is 4. The number of benzene rings is 1. The molecular weight excluding hydrogens is 302 g/mol. The molecule has 1 unspecified atom stereocenters. The van der Waals surface area contributed by atoms with E-state index in [1.165, 1.54) is 12.8 Å². The van der Waals surface area contributed by atoms with Crippen LogP contribution >= 0.6 is 27.5 Å². The summed E-state index contributed by atoms with van der Waals surface area (Å²) in [5.41, 5.74) is 4.16. The summed E-state index contributed by atoms with van der Waals surface area (Å²) in [4.78, 5) is 5.68. The summed E-state index contributed by atoms with van der Waals surface area (Å²) in [5.74, 6) is 0. The van der Waals surface area contributed by atoms with Crippen LogP contribution in [0.15, 0.2) is 22.7 Å². The Morgan fingerprint density at radius 1 is 1.41 bits per heavy atom. The summed E-state index contributed by atoms with van der Waals surface area (Å²) in [6, 6.07) is 6.03. The Kier molecular flexibility index (Phi) is 4.86. The SMILES string of the molecule is CC(NOC1CCCC1)c1ccc(Br)cc1Cl. The zero-order valence-electron chi connectivity index (χ0n) is 9.88. The molecule has 0 heterocycles. The molecule has 0 aliphatic heterocycles. The maximum absolute atomic E-state index is 6.19. The molecule has 0 radical (unpaired) electrons. The molecule has 0 bridgehead atoms. The first-order chi connectivity index (χ1) is 8.16. The molecule has 0 saturated heterocycles. The van der Waals surface area contributed by atoms with Gasteiger partial charge in [-0.1, -0.05) is 46.4 Å². The van der Waals surface area contributed by atoms with Crippen LogP contribution in [0.2, 0.25) is 5.02 Å². The Hall–Kier alpha value is -0.0900. The van der Waals surface area contributed by atoms with Crippen LogP contribution in [0.5, 0.6) is 0 Å². The van der Waals surface area contributed by atoms with Crippen molar-refractivity contribution in [3.05, 3.63) is 33.3 Å². The molecule has 17 heavy (non-hydrogen) atoms. The third kappa shape index (κ3) is 3.68. The lowest BCUT2D eigenvalue weighted by atomic mass is 10.1. The lowest BCUT2D eigenvalue weighted by Crippen LogP contribution is -2.24. The fraction of sp³-hybridized carbons (Fsp3) is 0.538. The van der Waals surface area contributed by atoms with Gasteiger partial charge in [-0.2, -0.15) is 5.48 Å². The molecule has 1 aromatic carbocycles. The highest BCUT2D eigenvalue weighted by Crippen LogP contribution is 2.27. The van der Waals surface area contributed by atoms with Crippen molar-refractivity contribution < 1.29 is 4.84 Å². The number of hydroxylamine groups is 1. The molecule has 1 aliphatic carbocycles. The van der Waals surface area contributed by atoms with Crippen molar-refractivity contribution in [3.63, 3.8) is 0 Å². The largest absolute Gasteiger partial charge is 0.298 e. The third-order valence-electron chi connectivity index (χ3n) is 3.14. The van der Waals surface area contributed by atoms with Gasteiger partial charge in [0.1, 0.15) is 0 Å². The van der Waals surface area contributed by atoms with E-state index in [4.69, 9.17) is 16.4 Å². The van der Waals surface area contributed by atoms with Crippen molar-refractivity contribution in [2.75, 3.05) is 0 Å². The first-order valence-corrected chi connectivity index (χ1v) is 7.20. The van der Waals surface area contributed by atoms with E-state index in [1.807, 2.05) is 18.2 Å². The van der Waals surface area contributed by atoms with Gasteiger partial charge in [-0.25, -0.2) is 0 Å². The first kappa shape index (κ1) is 13.3. The monoisotopic (exact) mass is 317 g/mol. The smallest absolute Gasteiger partial charge is 0.0790 e. The molecule has 0 aromatic heterocycles. The van der Waals surface area contributed by atoms with Crippen LogP contribution in [0, 0.1) is 0 Å². The third-order valence-corrected chi connectivity index (χ3v) is 3.96. The topological polar surface area (TPSA) is 21.3 Å². The molecule has 94 valence electrons. The van der Waals surface area contributed by atoms with Gasteiger partial charge >= 0.3 is 0 Å². The highest BCUT2D eigenvalue weighted by molar-refractivity contribution is 9.10. The van der Waals surface area contributed by atoms with Gasteiger partial charge in [-0.15, -0.1) is 0 Å². The van der Waals surface area contributed by atoms with E-state index in [2.05, 4.69) is 28.3 Å². The second-order valence-electron chi connectivity index (χ2n) is 4.53. The summed E-state index contributed by atoms with van der Waals surface area (Å²) in [7, 11) is 0. The lowest BCUT2D eigenvalue weighted by molar-refractivity contribution is -0.0376. The number of nitrogens with one attached hydrogen (secondary N) is 1. The highest BCUT2D eigenvalue weighted by atomic mass is 79.9. The lowest BCUT2D eigenvalue weighted by Gasteiger charge is -2.18. The quantitative estimate of drug-likeness (QED) is 0.817. The van der Waals surface area contributed by atoms with Crippen molar-refractivity contribution in [1.82, 2.24) is 5.48 Å². The van der Waals surface area contributed by atoms with Crippen LogP contribution in [0.4, 0.5) is 0 Å². The Labute approximate surface area is 116 Å². The van der Waals surface area contributed by atoms with Crippen LogP contribution < -0.4 is 5.48 Å². The summed E-state index contributed by atoms with van der Waals surface area (Å²) in [6.07, 6.45) is 5.24. The molecule has 2 nitrogen and oxygen atoms in total. The molecule has 2 rings (SSSR count). The first-order valence-electron chi connectivity index (χ1n) is 6.03. The Morgan fingerprint density at radius 2 is 2.12 bits per heavy atom. The predicted octanol–water partition coefficient (Wildman–Crippen LogP) is 4.63. The van der Waals surface area contributed by atoms with Gasteiger partial charge in [-0.3, -0.25) is 4.84 Å². The van der Waals surface area contributed by atoms with Gasteiger partial charge in [0.15, 0.2) is 0 Å². The maximum atomic E-state index is 6.19. The number of hydrogen-bond donors (Lipinski definition) is 1. The minimum absolute atomic E-state index is 0.108. The predicted molar refractivity (Wildman–Crippen MR) is 74.0 cm³/mol. The summed E-state index contributed by atoms with van der Waals surface area (Å²) in [6.45, 7) is 2.06. The Balaban J connectivity index is 1.91. The summed E-state index contributed by atoms with van der Waals surface area (Å²) < 4.78 is 0.996. The van der Waals surface area contributed by atoms with Gasteiger partial charge in [0.2, 0.25) is 0 Å². The second kappa shape index (κ2) is 6.19. The van der Waals surface area contributed by atoms with Crippen LogP contribution in [0.3, 0.4) is 0 Å². The Morgan fingerprint density at radius 3 is 2.76 bits per heavy atom. The van der Waals surface area contributed by atoms with Gasteiger partial charge < -0.3 is 0 Å². The molecule has 1 atom stereocenters. The molecule has 4 heteroatoms. The minimum atomic E-state index is 0.108. The zero-order valence-corrected chi connectivity index (χ0v) is 12.2. The second-order valence-corrected chi connectivity index (χ2v) is 5.85. The summed E-state index contributed by atoms with van der Waals surface area (Å²) >= 11 is 9.60. The fourth-order valence-corrected chi connectivity index (χ4v) is 2.96. The van der Waals surface area contributed by atoms with Gasteiger partial charge in [0, 0.05) is 9.50 Å². The summed E-state index contributed by atoms with van der Waals surface area (Å²) in [5, 5.41) is 0.759. The van der Waals surface area contributed by atoms with Crippen LogP contribution in [0.1, 0.15) is 44.2 Å². The number of halogens is 2. The van der Waals surface area contributed by atoms with Gasteiger partial charge in [-0.05, 0) is 37.5 Å². The standard InChI is InChI=1S/C13H17BrClNO/c1-9(16-17-11-4-2-3-5-11)12-7-6-10(14)8-13(12)15/h6-9,11,16H,2-5H2,1H3.